The Bertz CT molecular complexity index is 361. The topological polar surface area (TPSA) is 40.5 Å². The van der Waals surface area contributed by atoms with Crippen LogP contribution in [0.1, 0.15) is 39.2 Å². The molecular weight excluding hydrogens is 274 g/mol. The first-order chi connectivity index (χ1) is 9.69. The number of aliphatic hydroxyl groups excluding tert-OH is 1. The van der Waals surface area contributed by atoms with Crippen LogP contribution in [0.3, 0.4) is 0 Å². The van der Waals surface area contributed by atoms with Gasteiger partial charge in [0.05, 0.1) is 12.0 Å². The van der Waals surface area contributed by atoms with Gasteiger partial charge in [0.2, 0.25) is 0 Å². The molecule has 0 saturated carbocycles. The highest BCUT2D eigenvalue weighted by Crippen LogP contribution is 2.20. The Morgan fingerprint density at radius 2 is 1.75 bits per heavy atom. The lowest BCUT2D eigenvalue weighted by Crippen LogP contribution is -2.52. The Labute approximate surface area is 127 Å². The first-order valence-electron chi connectivity index (χ1n) is 7.30. The van der Waals surface area contributed by atoms with Crippen molar-refractivity contribution >= 4 is 17.9 Å². The second-order valence-electron chi connectivity index (χ2n) is 4.17. The van der Waals surface area contributed by atoms with E-state index < -0.39 is 0 Å². The van der Waals surface area contributed by atoms with Crippen LogP contribution in [0.2, 0.25) is 5.02 Å². The van der Waals surface area contributed by atoms with Crippen molar-refractivity contribution in [1.29, 1.82) is 0 Å². The van der Waals surface area contributed by atoms with Crippen molar-refractivity contribution in [3.05, 3.63) is 34.9 Å². The lowest BCUT2D eigenvalue weighted by molar-refractivity contribution is -0.110. The molecule has 3 nitrogen and oxygen atoms in total. The van der Waals surface area contributed by atoms with E-state index in [2.05, 4.69) is 4.90 Å². The number of hydrogen-bond acceptors (Lipinski definition) is 3. The van der Waals surface area contributed by atoms with E-state index >= 15 is 0 Å². The molecule has 20 heavy (non-hydrogen) atoms. The molecule has 1 N–H and O–H groups in total. The van der Waals surface area contributed by atoms with Crippen molar-refractivity contribution in [2.24, 2.45) is 0 Å². The summed E-state index contributed by atoms with van der Waals surface area (Å²) >= 11 is 5.79. The Kier molecular flexibility index (Phi) is 10.3. The standard InChI is InChI=1S/C12H14ClNO2.2C2H6/c13-11-3-1-9(2-4-11)10(8-15)5-14-6-12(16)7-14;2*1-2/h1-4,8,10,12,16H,5-7H2;2*1-2H3. The molecule has 1 unspecified atom stereocenters. The first kappa shape index (κ1) is 19.1. The lowest BCUT2D eigenvalue weighted by atomic mass is 9.98. The summed E-state index contributed by atoms with van der Waals surface area (Å²) in [5.74, 6) is -0.134. The predicted octanol–water partition coefficient (Wildman–Crippen LogP) is 3.35. The monoisotopic (exact) mass is 299 g/mol. The van der Waals surface area contributed by atoms with Gasteiger partial charge in [-0.1, -0.05) is 51.4 Å². The molecule has 0 bridgehead atoms. The van der Waals surface area contributed by atoms with Gasteiger partial charge in [-0.15, -0.1) is 0 Å². The molecule has 1 aliphatic heterocycles. The third kappa shape index (κ3) is 6.04. The van der Waals surface area contributed by atoms with Crippen LogP contribution in [0.25, 0.3) is 0 Å². The number of rotatable bonds is 4. The third-order valence-electron chi connectivity index (χ3n) is 2.86. The van der Waals surface area contributed by atoms with Gasteiger partial charge >= 0.3 is 0 Å². The fourth-order valence-electron chi connectivity index (χ4n) is 1.91. The molecule has 0 spiro atoms. The molecule has 1 fully saturated rings. The second-order valence-corrected chi connectivity index (χ2v) is 4.60. The molecule has 0 amide bonds. The molecule has 0 aromatic heterocycles. The molecule has 0 aliphatic carbocycles. The van der Waals surface area contributed by atoms with Crippen LogP contribution >= 0.6 is 11.6 Å². The van der Waals surface area contributed by atoms with E-state index in [0.717, 1.165) is 11.8 Å². The summed E-state index contributed by atoms with van der Waals surface area (Å²) in [6.45, 7) is 10.00. The van der Waals surface area contributed by atoms with E-state index in [4.69, 9.17) is 16.7 Å². The largest absolute Gasteiger partial charge is 0.390 e. The first-order valence-corrected chi connectivity index (χ1v) is 7.68. The molecule has 0 radical (unpaired) electrons. The number of aldehydes is 1. The molecule has 4 heteroatoms. The maximum Gasteiger partial charge on any atom is 0.128 e. The molecule has 114 valence electrons. The van der Waals surface area contributed by atoms with Gasteiger partial charge in [-0.2, -0.15) is 0 Å². The summed E-state index contributed by atoms with van der Waals surface area (Å²) in [6, 6.07) is 7.33. The quantitative estimate of drug-likeness (QED) is 0.867. The molecule has 1 aromatic rings. The predicted molar refractivity (Wildman–Crippen MR) is 85.4 cm³/mol. The van der Waals surface area contributed by atoms with Crippen molar-refractivity contribution in [3.8, 4) is 0 Å². The number of likely N-dealkylation sites (tertiary alicyclic amines) is 1. The number of halogens is 1. The van der Waals surface area contributed by atoms with Gasteiger partial charge < -0.3 is 9.90 Å². The number of hydrogen-bond donors (Lipinski definition) is 1. The van der Waals surface area contributed by atoms with Gasteiger partial charge in [0, 0.05) is 24.7 Å². The molecular formula is C16H26ClNO2. The van der Waals surface area contributed by atoms with Gasteiger partial charge in [-0.3, -0.25) is 4.90 Å². The summed E-state index contributed by atoms with van der Waals surface area (Å²) in [7, 11) is 0. The minimum Gasteiger partial charge on any atom is -0.390 e. The smallest absolute Gasteiger partial charge is 0.128 e. The molecule has 2 rings (SSSR count). The number of nitrogens with zero attached hydrogens (tertiary/aromatic N) is 1. The van der Waals surface area contributed by atoms with Crippen molar-refractivity contribution in [2.45, 2.75) is 39.7 Å². The summed E-state index contributed by atoms with van der Waals surface area (Å²) in [4.78, 5) is 13.1. The number of aliphatic hydroxyl groups is 1. The van der Waals surface area contributed by atoms with Crippen LogP contribution in [0.5, 0.6) is 0 Å². The number of carbonyl (C=O) groups excluding carboxylic acids is 1. The summed E-state index contributed by atoms with van der Waals surface area (Å²) < 4.78 is 0. The van der Waals surface area contributed by atoms with Crippen molar-refractivity contribution in [2.75, 3.05) is 19.6 Å². The van der Waals surface area contributed by atoms with Gasteiger partial charge in [-0.25, -0.2) is 0 Å². The zero-order valence-corrected chi connectivity index (χ0v) is 13.6. The van der Waals surface area contributed by atoms with Crippen molar-refractivity contribution < 1.29 is 9.90 Å². The Balaban J connectivity index is 0.000000829. The third-order valence-corrected chi connectivity index (χ3v) is 3.11. The van der Waals surface area contributed by atoms with Crippen LogP contribution < -0.4 is 0 Å². The summed E-state index contributed by atoms with van der Waals surface area (Å²) in [6.07, 6.45) is 0.728. The summed E-state index contributed by atoms with van der Waals surface area (Å²) in [5, 5.41) is 9.84. The zero-order valence-electron chi connectivity index (χ0n) is 12.8. The highest BCUT2D eigenvalue weighted by atomic mass is 35.5. The van der Waals surface area contributed by atoms with Gasteiger partial charge in [0.15, 0.2) is 0 Å². The average Bonchev–Trinajstić information content (AvgIpc) is 2.48. The minimum atomic E-state index is -0.225. The highest BCUT2D eigenvalue weighted by Gasteiger charge is 2.26. The summed E-state index contributed by atoms with van der Waals surface area (Å²) in [5.41, 5.74) is 0.973. The van der Waals surface area contributed by atoms with Crippen LogP contribution in [0, 0.1) is 0 Å². The molecule has 1 aliphatic rings. The maximum absolute atomic E-state index is 11.0. The Morgan fingerprint density at radius 1 is 1.25 bits per heavy atom. The van der Waals surface area contributed by atoms with E-state index in [1.165, 1.54) is 0 Å². The van der Waals surface area contributed by atoms with Crippen molar-refractivity contribution in [3.63, 3.8) is 0 Å². The number of benzene rings is 1. The fourth-order valence-corrected chi connectivity index (χ4v) is 2.03. The fraction of sp³-hybridized carbons (Fsp3) is 0.562. The Hall–Kier alpha value is -0.900. The highest BCUT2D eigenvalue weighted by molar-refractivity contribution is 6.30. The van der Waals surface area contributed by atoms with E-state index in [0.29, 0.717) is 24.7 Å². The minimum absolute atomic E-state index is 0.134. The maximum atomic E-state index is 11.0. The number of β-amino-alcohol motifs (C(OH)–C–C–N with tert-alkyl or cyclic N) is 1. The zero-order chi connectivity index (χ0) is 15.5. The molecule has 1 saturated heterocycles. The van der Waals surface area contributed by atoms with Gasteiger partial charge in [-0.05, 0) is 17.7 Å². The molecule has 1 heterocycles. The Morgan fingerprint density at radius 3 is 2.15 bits per heavy atom. The number of carbonyl (C=O) groups is 1. The van der Waals surface area contributed by atoms with E-state index in [1.54, 1.807) is 12.1 Å². The molecule has 1 atom stereocenters. The van der Waals surface area contributed by atoms with Gasteiger partial charge in [0.1, 0.15) is 6.29 Å². The average molecular weight is 300 g/mol. The van der Waals surface area contributed by atoms with E-state index in [1.807, 2.05) is 39.8 Å². The van der Waals surface area contributed by atoms with Crippen LogP contribution in [-0.2, 0) is 4.79 Å². The normalized spacial score (nSPS) is 15.9. The van der Waals surface area contributed by atoms with Crippen LogP contribution in [0.15, 0.2) is 24.3 Å². The van der Waals surface area contributed by atoms with E-state index in [-0.39, 0.29) is 12.0 Å². The lowest BCUT2D eigenvalue weighted by Gasteiger charge is -2.37. The van der Waals surface area contributed by atoms with Crippen LogP contribution in [0.4, 0.5) is 0 Å². The van der Waals surface area contributed by atoms with Crippen molar-refractivity contribution in [1.82, 2.24) is 4.90 Å². The molecule has 1 aromatic carbocycles. The van der Waals surface area contributed by atoms with Crippen LogP contribution in [-0.4, -0.2) is 42.0 Å². The van der Waals surface area contributed by atoms with Gasteiger partial charge in [0.25, 0.3) is 0 Å². The van der Waals surface area contributed by atoms with E-state index in [9.17, 15) is 4.79 Å². The SMILES string of the molecule is CC.CC.O=CC(CN1CC(O)C1)c1ccc(Cl)cc1. The second kappa shape index (κ2) is 10.8.